The molecule has 0 saturated heterocycles. The van der Waals surface area contributed by atoms with E-state index in [1.54, 1.807) is 0 Å². The molecule has 5 heteroatoms. The van der Waals surface area contributed by atoms with Crippen molar-refractivity contribution in [2.24, 2.45) is 0 Å². The molecule has 0 bridgehead atoms. The van der Waals surface area contributed by atoms with E-state index in [0.29, 0.717) is 0 Å². The predicted molar refractivity (Wildman–Crippen MR) is 150 cm³/mol. The number of rotatable bonds is 0. The molecule has 160 valence electrons. The highest BCUT2D eigenvalue weighted by molar-refractivity contribution is 7.27. The Morgan fingerprint density at radius 3 is 0.586 bits per heavy atom. The van der Waals surface area contributed by atoms with Gasteiger partial charge in [0.25, 0.3) is 0 Å². The molecule has 0 amide bonds. The second-order valence-electron chi connectivity index (χ2n) is 7.26. The van der Waals surface area contributed by atoms with Gasteiger partial charge in [-0.1, -0.05) is 88.0 Å². The summed E-state index contributed by atoms with van der Waals surface area (Å²) in [7, 11) is 8.09. The first-order valence-electron chi connectivity index (χ1n) is 9.06. The molecule has 0 saturated carbocycles. The Kier molecular flexibility index (Phi) is 16.3. The molecule has 3 aromatic rings. The van der Waals surface area contributed by atoms with Crippen LogP contribution < -0.4 is 15.9 Å². The molecule has 3 rings (SSSR count). The van der Waals surface area contributed by atoms with Crippen molar-refractivity contribution in [1.29, 1.82) is 0 Å². The maximum absolute atomic E-state index is 2.70. The quantitative estimate of drug-likeness (QED) is 0.329. The molecule has 0 aromatic heterocycles. The topological polar surface area (TPSA) is 0 Å². The lowest BCUT2D eigenvalue weighted by molar-refractivity contribution is 1.41. The maximum atomic E-state index is 2.70. The van der Waals surface area contributed by atoms with Crippen LogP contribution in [0.5, 0.6) is 0 Å². The van der Waals surface area contributed by atoms with Crippen molar-refractivity contribution in [3.63, 3.8) is 0 Å². The van der Waals surface area contributed by atoms with Gasteiger partial charge in [-0.25, -0.2) is 0 Å². The van der Waals surface area contributed by atoms with Crippen molar-refractivity contribution in [2.75, 3.05) is 0 Å². The molecule has 0 fully saturated rings. The smallest absolute Gasteiger partial charge is 0.0297 e. The van der Waals surface area contributed by atoms with Gasteiger partial charge in [0.15, 0.2) is 0 Å². The molecule has 3 aromatic carbocycles. The SMILES string of the molecule is Cc1cc(C)cc(P)c1.Cc1cc(C)cc(P)c1.Cc1cc(C)cc(P)c1.Cl.Cl. The molecule has 3 atom stereocenters. The van der Waals surface area contributed by atoms with Crippen LogP contribution in [0.4, 0.5) is 0 Å². The highest BCUT2D eigenvalue weighted by Crippen LogP contribution is 2.03. The van der Waals surface area contributed by atoms with Crippen LogP contribution in [0.25, 0.3) is 0 Å². The molecule has 3 unspecified atom stereocenters. The van der Waals surface area contributed by atoms with Gasteiger partial charge in [-0.05, 0) is 57.5 Å². The van der Waals surface area contributed by atoms with Crippen LogP contribution in [0.1, 0.15) is 33.4 Å². The van der Waals surface area contributed by atoms with E-state index in [9.17, 15) is 0 Å². The zero-order chi connectivity index (χ0) is 20.6. The van der Waals surface area contributed by atoms with E-state index in [2.05, 4.69) is 124 Å². The molecule has 0 aliphatic carbocycles. The van der Waals surface area contributed by atoms with Crippen molar-refractivity contribution >= 4 is 68.4 Å². The number of aryl methyl sites for hydroxylation is 6. The standard InChI is InChI=1S/3C8H11P.2ClH/c3*1-6-3-7(2)5-8(9)4-6;;/h3*3-5H,9H2,1-2H3;2*1H. The summed E-state index contributed by atoms with van der Waals surface area (Å²) in [4.78, 5) is 0. The summed E-state index contributed by atoms with van der Waals surface area (Å²) in [6.07, 6.45) is 0. The Hall–Kier alpha value is -0.470. The van der Waals surface area contributed by atoms with Gasteiger partial charge in [0, 0.05) is 0 Å². The molecular weight excluding hydrogens is 452 g/mol. The highest BCUT2D eigenvalue weighted by atomic mass is 35.5. The van der Waals surface area contributed by atoms with Crippen LogP contribution in [-0.4, -0.2) is 0 Å². The average Bonchev–Trinajstić information content (AvgIpc) is 2.43. The van der Waals surface area contributed by atoms with Gasteiger partial charge in [-0.15, -0.1) is 52.5 Å². The van der Waals surface area contributed by atoms with Gasteiger partial charge in [0.2, 0.25) is 0 Å². The monoisotopic (exact) mass is 486 g/mol. The predicted octanol–water partition coefficient (Wildman–Crippen LogP) is 6.26. The molecule has 0 N–H and O–H groups in total. The van der Waals surface area contributed by atoms with E-state index in [-0.39, 0.29) is 24.8 Å². The Bertz CT molecular complexity index is 624. The minimum absolute atomic E-state index is 0. The van der Waals surface area contributed by atoms with Gasteiger partial charge in [-0.2, -0.15) is 0 Å². The molecule has 0 nitrogen and oxygen atoms in total. The molecule has 0 aliphatic rings. The third-order valence-electron chi connectivity index (χ3n) is 3.73. The minimum Gasteiger partial charge on any atom is -0.147 e. The van der Waals surface area contributed by atoms with Crippen molar-refractivity contribution in [3.05, 3.63) is 88.0 Å². The fourth-order valence-electron chi connectivity index (χ4n) is 3.03. The highest BCUT2D eigenvalue weighted by Gasteiger charge is 1.89. The summed E-state index contributed by atoms with van der Waals surface area (Å²) < 4.78 is 0. The number of hydrogen-bond acceptors (Lipinski definition) is 0. The molecule has 29 heavy (non-hydrogen) atoms. The Labute approximate surface area is 197 Å². The summed E-state index contributed by atoms with van der Waals surface area (Å²) in [5, 5.41) is 3.81. The number of hydrogen-bond donors (Lipinski definition) is 0. The molecule has 0 radical (unpaired) electrons. The van der Waals surface area contributed by atoms with Crippen LogP contribution in [0, 0.1) is 41.5 Å². The van der Waals surface area contributed by atoms with Gasteiger partial charge >= 0.3 is 0 Å². The van der Waals surface area contributed by atoms with Gasteiger partial charge in [0.1, 0.15) is 0 Å². The van der Waals surface area contributed by atoms with E-state index in [0.717, 1.165) is 0 Å². The summed E-state index contributed by atoms with van der Waals surface area (Å²) in [6, 6.07) is 19.4. The summed E-state index contributed by atoms with van der Waals surface area (Å²) in [5.74, 6) is 0. The van der Waals surface area contributed by atoms with E-state index in [1.165, 1.54) is 49.3 Å². The Balaban J connectivity index is 0. The average molecular weight is 487 g/mol. The third kappa shape index (κ3) is 14.2. The van der Waals surface area contributed by atoms with Crippen LogP contribution in [-0.2, 0) is 0 Å². The van der Waals surface area contributed by atoms with Crippen molar-refractivity contribution in [2.45, 2.75) is 41.5 Å². The first-order valence-corrected chi connectivity index (χ1v) is 10.8. The maximum Gasteiger partial charge on any atom is -0.0297 e. The minimum atomic E-state index is 0. The van der Waals surface area contributed by atoms with Crippen LogP contribution >= 0.6 is 52.5 Å². The summed E-state index contributed by atoms with van der Waals surface area (Å²) in [6.45, 7) is 12.7. The Morgan fingerprint density at radius 1 is 0.345 bits per heavy atom. The molecule has 0 aliphatic heterocycles. The normalized spacial score (nSPS) is 9.00. The van der Waals surface area contributed by atoms with E-state index in [1.807, 2.05) is 0 Å². The van der Waals surface area contributed by atoms with Crippen molar-refractivity contribution in [1.82, 2.24) is 0 Å². The summed E-state index contributed by atoms with van der Waals surface area (Å²) in [5.41, 5.74) is 8.00. The lowest BCUT2D eigenvalue weighted by Crippen LogP contribution is -1.91. The van der Waals surface area contributed by atoms with E-state index < -0.39 is 0 Å². The van der Waals surface area contributed by atoms with Gasteiger partial charge in [0.05, 0.1) is 0 Å². The molecule has 0 spiro atoms. The van der Waals surface area contributed by atoms with Crippen LogP contribution in [0.15, 0.2) is 54.6 Å². The number of benzene rings is 3. The molecule has 0 heterocycles. The van der Waals surface area contributed by atoms with E-state index >= 15 is 0 Å². The first-order chi connectivity index (χ1) is 12.5. The first kappa shape index (κ1) is 30.7. The van der Waals surface area contributed by atoms with Gasteiger partial charge < -0.3 is 0 Å². The fourth-order valence-corrected chi connectivity index (χ4v) is 4.61. The van der Waals surface area contributed by atoms with Crippen LogP contribution in [0.2, 0.25) is 0 Å². The lowest BCUT2D eigenvalue weighted by atomic mass is 10.2. The third-order valence-corrected chi connectivity index (χ3v) is 4.73. The Morgan fingerprint density at radius 2 is 0.483 bits per heavy atom. The fraction of sp³-hybridized carbons (Fsp3) is 0.250. The molecular formula is C24H35Cl2P3. The van der Waals surface area contributed by atoms with Crippen LogP contribution in [0.3, 0.4) is 0 Å². The van der Waals surface area contributed by atoms with E-state index in [4.69, 9.17) is 0 Å². The van der Waals surface area contributed by atoms with Gasteiger partial charge in [-0.3, -0.25) is 0 Å². The summed E-state index contributed by atoms with van der Waals surface area (Å²) >= 11 is 0. The number of halogens is 2. The van der Waals surface area contributed by atoms with Crippen molar-refractivity contribution in [3.8, 4) is 0 Å². The largest absolute Gasteiger partial charge is 0.147 e. The zero-order valence-corrected chi connectivity index (χ0v) is 23.3. The second-order valence-corrected chi connectivity index (χ2v) is 9.26. The lowest BCUT2D eigenvalue weighted by Gasteiger charge is -1.96. The van der Waals surface area contributed by atoms with Crippen molar-refractivity contribution < 1.29 is 0 Å². The zero-order valence-electron chi connectivity index (χ0n) is 18.2. The second kappa shape index (κ2) is 15.3.